The molecule has 3 aromatic rings. The highest BCUT2D eigenvalue weighted by Crippen LogP contribution is 2.34. The lowest BCUT2D eigenvalue weighted by Gasteiger charge is -2.23. The molecule has 0 spiro atoms. The third-order valence-electron chi connectivity index (χ3n) is 3.66. The Hall–Kier alpha value is -2.82. The zero-order valence-corrected chi connectivity index (χ0v) is 11.4. The molecule has 0 saturated heterocycles. The van der Waals surface area contributed by atoms with Crippen molar-refractivity contribution in [3.63, 3.8) is 0 Å². The van der Waals surface area contributed by atoms with Crippen molar-refractivity contribution in [1.82, 2.24) is 9.97 Å². The van der Waals surface area contributed by atoms with Gasteiger partial charge in [0.2, 0.25) is 0 Å². The number of ether oxygens (including phenoxy) is 1. The van der Waals surface area contributed by atoms with Crippen LogP contribution in [-0.2, 0) is 4.74 Å². The number of H-pyrrole nitrogens is 1. The molecule has 1 aliphatic heterocycles. The maximum Gasteiger partial charge on any atom is 0.412 e. The van der Waals surface area contributed by atoms with Gasteiger partial charge in [0, 0.05) is 11.1 Å². The second-order valence-corrected chi connectivity index (χ2v) is 5.08. The second kappa shape index (κ2) is 4.34. The van der Waals surface area contributed by atoms with Gasteiger partial charge in [-0.05, 0) is 19.1 Å². The zero-order chi connectivity index (χ0) is 14.4. The topological polar surface area (TPSA) is 67.0 Å². The van der Waals surface area contributed by atoms with E-state index in [4.69, 9.17) is 4.74 Å². The van der Waals surface area contributed by atoms with E-state index in [2.05, 4.69) is 15.3 Å². The normalized spacial score (nSPS) is 17.2. The summed E-state index contributed by atoms with van der Waals surface area (Å²) in [6.07, 6.45) is -0.685. The lowest BCUT2D eigenvalue weighted by Crippen LogP contribution is -2.22. The van der Waals surface area contributed by atoms with Crippen LogP contribution in [0.4, 0.5) is 10.5 Å². The van der Waals surface area contributed by atoms with Crippen LogP contribution in [0, 0.1) is 0 Å². The van der Waals surface area contributed by atoms with Crippen LogP contribution in [0.25, 0.3) is 22.4 Å². The van der Waals surface area contributed by atoms with Gasteiger partial charge < -0.3 is 9.72 Å². The van der Waals surface area contributed by atoms with E-state index in [9.17, 15) is 4.79 Å². The first-order valence-corrected chi connectivity index (χ1v) is 6.77. The number of aromatic nitrogens is 2. The van der Waals surface area contributed by atoms with E-state index in [0.717, 1.165) is 33.7 Å². The first kappa shape index (κ1) is 12.0. The fourth-order valence-corrected chi connectivity index (χ4v) is 2.61. The predicted molar refractivity (Wildman–Crippen MR) is 80.0 cm³/mol. The van der Waals surface area contributed by atoms with Gasteiger partial charge in [-0.3, -0.25) is 5.32 Å². The van der Waals surface area contributed by atoms with Gasteiger partial charge in [0.15, 0.2) is 0 Å². The van der Waals surface area contributed by atoms with Crippen molar-refractivity contribution in [2.24, 2.45) is 0 Å². The van der Waals surface area contributed by atoms with Gasteiger partial charge in [-0.15, -0.1) is 0 Å². The van der Waals surface area contributed by atoms with Crippen LogP contribution in [0.3, 0.4) is 0 Å². The summed E-state index contributed by atoms with van der Waals surface area (Å²) in [5.41, 5.74) is 4.49. The molecule has 1 aliphatic rings. The SMILES string of the molecule is CC1OC(=O)Nc2cc3nc(-c4ccccc4)[nH]c3cc21. The van der Waals surface area contributed by atoms with Crippen molar-refractivity contribution in [3.05, 3.63) is 48.0 Å². The standard InChI is InChI=1S/C16H13N3O2/c1-9-11-7-13-14(8-12(11)19-16(20)21-9)18-15(17-13)10-5-3-2-4-6-10/h2-9H,1H3,(H,17,18)(H,19,20). The van der Waals surface area contributed by atoms with Crippen molar-refractivity contribution in [2.45, 2.75) is 13.0 Å². The first-order valence-electron chi connectivity index (χ1n) is 6.77. The monoisotopic (exact) mass is 279 g/mol. The molecule has 0 saturated carbocycles. The summed E-state index contributed by atoms with van der Waals surface area (Å²) in [5.74, 6) is 0.813. The fraction of sp³-hybridized carbons (Fsp3) is 0.125. The number of nitrogens with one attached hydrogen (secondary N) is 2. The molecule has 1 atom stereocenters. The Balaban J connectivity index is 1.87. The zero-order valence-electron chi connectivity index (χ0n) is 11.4. The minimum Gasteiger partial charge on any atom is -0.441 e. The number of rotatable bonds is 1. The number of fused-ring (bicyclic) bond motifs is 2. The van der Waals surface area contributed by atoms with Gasteiger partial charge in [0.05, 0.1) is 16.7 Å². The van der Waals surface area contributed by atoms with Crippen LogP contribution in [0.15, 0.2) is 42.5 Å². The van der Waals surface area contributed by atoms with Gasteiger partial charge >= 0.3 is 6.09 Å². The van der Waals surface area contributed by atoms with Gasteiger partial charge in [0.1, 0.15) is 11.9 Å². The number of aromatic amines is 1. The maximum absolute atomic E-state index is 11.4. The van der Waals surface area contributed by atoms with Gasteiger partial charge in [-0.1, -0.05) is 30.3 Å². The number of hydrogen-bond donors (Lipinski definition) is 2. The molecular formula is C16H13N3O2. The number of anilines is 1. The number of carbonyl (C=O) groups is 1. The minimum atomic E-state index is -0.423. The minimum absolute atomic E-state index is 0.262. The summed E-state index contributed by atoms with van der Waals surface area (Å²) in [7, 11) is 0. The summed E-state index contributed by atoms with van der Waals surface area (Å²) < 4.78 is 5.17. The number of hydrogen-bond acceptors (Lipinski definition) is 3. The van der Waals surface area contributed by atoms with E-state index >= 15 is 0 Å². The third-order valence-corrected chi connectivity index (χ3v) is 3.66. The highest BCUT2D eigenvalue weighted by Gasteiger charge is 2.23. The van der Waals surface area contributed by atoms with Gasteiger partial charge in [-0.2, -0.15) is 0 Å². The Morgan fingerprint density at radius 2 is 2.00 bits per heavy atom. The van der Waals surface area contributed by atoms with E-state index in [1.54, 1.807) is 0 Å². The molecule has 5 heteroatoms. The molecule has 1 unspecified atom stereocenters. The van der Waals surface area contributed by atoms with E-state index in [-0.39, 0.29) is 6.10 Å². The van der Waals surface area contributed by atoms with Gasteiger partial charge in [-0.25, -0.2) is 9.78 Å². The van der Waals surface area contributed by atoms with Gasteiger partial charge in [0.25, 0.3) is 0 Å². The van der Waals surface area contributed by atoms with Crippen molar-refractivity contribution in [2.75, 3.05) is 5.32 Å². The van der Waals surface area contributed by atoms with Crippen LogP contribution in [-0.4, -0.2) is 16.1 Å². The molecule has 0 radical (unpaired) electrons. The molecule has 4 rings (SSSR count). The highest BCUT2D eigenvalue weighted by molar-refractivity contribution is 5.93. The Morgan fingerprint density at radius 1 is 1.19 bits per heavy atom. The molecule has 1 amide bonds. The average Bonchev–Trinajstić information content (AvgIpc) is 2.89. The van der Waals surface area contributed by atoms with Crippen molar-refractivity contribution >= 4 is 22.8 Å². The van der Waals surface area contributed by atoms with Crippen LogP contribution in [0.1, 0.15) is 18.6 Å². The Morgan fingerprint density at radius 3 is 2.81 bits per heavy atom. The first-order chi connectivity index (χ1) is 10.2. The molecule has 0 aliphatic carbocycles. The molecule has 2 N–H and O–H groups in total. The summed E-state index contributed by atoms with van der Waals surface area (Å²) in [6.45, 7) is 1.86. The molecule has 0 bridgehead atoms. The molecule has 5 nitrogen and oxygen atoms in total. The summed E-state index contributed by atoms with van der Waals surface area (Å²) >= 11 is 0. The number of cyclic esters (lactones) is 1. The Labute approximate surface area is 121 Å². The number of nitrogens with zero attached hydrogens (tertiary/aromatic N) is 1. The molecule has 2 heterocycles. The summed E-state index contributed by atoms with van der Waals surface area (Å²) in [6, 6.07) is 13.8. The lowest BCUT2D eigenvalue weighted by atomic mass is 10.1. The summed E-state index contributed by atoms with van der Waals surface area (Å²) in [4.78, 5) is 19.3. The van der Waals surface area contributed by atoms with Crippen LogP contribution >= 0.6 is 0 Å². The van der Waals surface area contributed by atoms with Crippen LogP contribution in [0.5, 0.6) is 0 Å². The molecule has 21 heavy (non-hydrogen) atoms. The number of carbonyl (C=O) groups excluding carboxylic acids is 1. The average molecular weight is 279 g/mol. The van der Waals surface area contributed by atoms with E-state index in [0.29, 0.717) is 0 Å². The Kier molecular flexibility index (Phi) is 2.47. The molecular weight excluding hydrogens is 266 g/mol. The van der Waals surface area contributed by atoms with E-state index < -0.39 is 6.09 Å². The number of amides is 1. The summed E-state index contributed by atoms with van der Waals surface area (Å²) in [5, 5.41) is 2.72. The number of imidazole rings is 1. The van der Waals surface area contributed by atoms with Crippen molar-refractivity contribution < 1.29 is 9.53 Å². The van der Waals surface area contributed by atoms with E-state index in [1.807, 2.05) is 49.4 Å². The quantitative estimate of drug-likeness (QED) is 0.711. The maximum atomic E-state index is 11.4. The van der Waals surface area contributed by atoms with E-state index in [1.165, 1.54) is 0 Å². The molecule has 104 valence electrons. The van der Waals surface area contributed by atoms with Crippen molar-refractivity contribution in [1.29, 1.82) is 0 Å². The highest BCUT2D eigenvalue weighted by atomic mass is 16.6. The predicted octanol–water partition coefficient (Wildman–Crippen LogP) is 3.85. The Bertz CT molecular complexity index is 839. The largest absolute Gasteiger partial charge is 0.441 e. The molecule has 0 fully saturated rings. The van der Waals surface area contributed by atoms with Crippen molar-refractivity contribution in [3.8, 4) is 11.4 Å². The van der Waals surface area contributed by atoms with Crippen LogP contribution in [0.2, 0.25) is 0 Å². The molecule has 1 aromatic heterocycles. The number of benzene rings is 2. The lowest BCUT2D eigenvalue weighted by molar-refractivity contribution is 0.117. The second-order valence-electron chi connectivity index (χ2n) is 5.08. The molecule has 2 aromatic carbocycles. The van der Waals surface area contributed by atoms with Crippen LogP contribution < -0.4 is 5.32 Å². The smallest absolute Gasteiger partial charge is 0.412 e. The fourth-order valence-electron chi connectivity index (χ4n) is 2.61. The third kappa shape index (κ3) is 1.94.